The van der Waals surface area contributed by atoms with E-state index in [1.807, 2.05) is 24.4 Å². The van der Waals surface area contributed by atoms with Crippen LogP contribution in [0.5, 0.6) is 0 Å². The Balaban J connectivity index is 1.73. The summed E-state index contributed by atoms with van der Waals surface area (Å²) in [6.07, 6.45) is 10.3. The standard InChI is InChI=1S/C22H26N4/c1-17(2)20-15-23-21(18-9-5-3-6-10-18)24-22(20)26-14-11-19(16-26)25-12-7-4-8-13-25/h3,5-6,9-11,14-17H,4,7-8,12-13H2,1-2H3. The lowest BCUT2D eigenvalue weighted by atomic mass is 10.1. The van der Waals surface area contributed by atoms with Gasteiger partial charge in [-0.2, -0.15) is 0 Å². The maximum Gasteiger partial charge on any atom is 0.161 e. The molecule has 134 valence electrons. The van der Waals surface area contributed by atoms with E-state index in [1.54, 1.807) is 0 Å². The normalized spacial score (nSPS) is 14.8. The number of nitrogens with zero attached hydrogens (tertiary/aromatic N) is 4. The largest absolute Gasteiger partial charge is 0.370 e. The Kier molecular flexibility index (Phi) is 4.74. The second kappa shape index (κ2) is 7.32. The molecule has 0 radical (unpaired) electrons. The van der Waals surface area contributed by atoms with Gasteiger partial charge in [0.15, 0.2) is 5.82 Å². The van der Waals surface area contributed by atoms with Crippen LogP contribution in [0.3, 0.4) is 0 Å². The van der Waals surface area contributed by atoms with Gasteiger partial charge in [0.1, 0.15) is 5.82 Å². The van der Waals surface area contributed by atoms with E-state index in [2.05, 4.69) is 58.9 Å². The summed E-state index contributed by atoms with van der Waals surface area (Å²) >= 11 is 0. The van der Waals surface area contributed by atoms with Crippen LogP contribution in [-0.2, 0) is 0 Å². The van der Waals surface area contributed by atoms with Crippen molar-refractivity contribution in [1.29, 1.82) is 0 Å². The lowest BCUT2D eigenvalue weighted by Gasteiger charge is -2.27. The van der Waals surface area contributed by atoms with Gasteiger partial charge in [-0.1, -0.05) is 44.2 Å². The van der Waals surface area contributed by atoms with Gasteiger partial charge in [-0.3, -0.25) is 0 Å². The molecular weight excluding hydrogens is 320 g/mol. The summed E-state index contributed by atoms with van der Waals surface area (Å²) in [4.78, 5) is 12.0. The fourth-order valence-corrected chi connectivity index (χ4v) is 3.58. The molecule has 0 bridgehead atoms. The van der Waals surface area contributed by atoms with Crippen molar-refractivity contribution >= 4 is 5.69 Å². The molecule has 0 atom stereocenters. The van der Waals surface area contributed by atoms with Gasteiger partial charge in [0, 0.05) is 42.8 Å². The van der Waals surface area contributed by atoms with Crippen molar-refractivity contribution in [3.05, 3.63) is 60.6 Å². The number of hydrogen-bond acceptors (Lipinski definition) is 3. The van der Waals surface area contributed by atoms with E-state index >= 15 is 0 Å². The molecule has 26 heavy (non-hydrogen) atoms. The van der Waals surface area contributed by atoms with E-state index in [0.717, 1.165) is 30.3 Å². The van der Waals surface area contributed by atoms with Crippen LogP contribution in [0, 0.1) is 0 Å². The van der Waals surface area contributed by atoms with Crippen molar-refractivity contribution in [3.63, 3.8) is 0 Å². The van der Waals surface area contributed by atoms with E-state index in [1.165, 1.54) is 30.5 Å². The smallest absolute Gasteiger partial charge is 0.161 e. The molecule has 4 rings (SSSR count). The maximum absolute atomic E-state index is 4.93. The first-order chi connectivity index (χ1) is 12.7. The molecule has 1 aliphatic rings. The third-order valence-corrected chi connectivity index (χ3v) is 5.09. The molecule has 0 spiro atoms. The number of anilines is 1. The van der Waals surface area contributed by atoms with Gasteiger partial charge < -0.3 is 9.47 Å². The molecule has 0 saturated carbocycles. The molecule has 0 aliphatic carbocycles. The van der Waals surface area contributed by atoms with Crippen LogP contribution < -0.4 is 4.90 Å². The minimum Gasteiger partial charge on any atom is -0.370 e. The van der Waals surface area contributed by atoms with Crippen LogP contribution in [0.1, 0.15) is 44.6 Å². The predicted octanol–water partition coefficient (Wildman–Crippen LogP) is 5.05. The molecule has 0 N–H and O–H groups in total. The van der Waals surface area contributed by atoms with Gasteiger partial charge in [0.25, 0.3) is 0 Å². The van der Waals surface area contributed by atoms with Crippen molar-refractivity contribution in [2.24, 2.45) is 0 Å². The number of aromatic nitrogens is 3. The van der Waals surface area contributed by atoms with Crippen LogP contribution in [0.4, 0.5) is 5.69 Å². The minimum absolute atomic E-state index is 0.371. The summed E-state index contributed by atoms with van der Waals surface area (Å²) < 4.78 is 2.16. The molecule has 3 heterocycles. The van der Waals surface area contributed by atoms with Crippen LogP contribution >= 0.6 is 0 Å². The highest BCUT2D eigenvalue weighted by molar-refractivity contribution is 5.57. The first kappa shape index (κ1) is 16.8. The van der Waals surface area contributed by atoms with Crippen LogP contribution in [0.2, 0.25) is 0 Å². The van der Waals surface area contributed by atoms with E-state index in [9.17, 15) is 0 Å². The second-order valence-corrected chi connectivity index (χ2v) is 7.32. The Morgan fingerprint density at radius 1 is 0.962 bits per heavy atom. The van der Waals surface area contributed by atoms with Crippen molar-refractivity contribution in [3.8, 4) is 17.2 Å². The fourth-order valence-electron chi connectivity index (χ4n) is 3.58. The summed E-state index contributed by atoms with van der Waals surface area (Å²) in [6, 6.07) is 12.4. The topological polar surface area (TPSA) is 34.0 Å². The Morgan fingerprint density at radius 2 is 1.73 bits per heavy atom. The highest BCUT2D eigenvalue weighted by Crippen LogP contribution is 2.27. The van der Waals surface area contributed by atoms with Gasteiger partial charge in [0.2, 0.25) is 0 Å². The van der Waals surface area contributed by atoms with Crippen molar-refractivity contribution in [1.82, 2.24) is 14.5 Å². The van der Waals surface area contributed by atoms with Crippen LogP contribution in [-0.4, -0.2) is 27.6 Å². The Hall–Kier alpha value is -2.62. The average molecular weight is 346 g/mol. The van der Waals surface area contributed by atoms with Crippen molar-refractivity contribution in [2.45, 2.75) is 39.0 Å². The zero-order valence-electron chi connectivity index (χ0n) is 15.6. The van der Waals surface area contributed by atoms with E-state index in [0.29, 0.717) is 5.92 Å². The van der Waals surface area contributed by atoms with E-state index in [4.69, 9.17) is 4.98 Å². The van der Waals surface area contributed by atoms with Gasteiger partial charge in [0.05, 0.1) is 5.69 Å². The molecule has 1 aromatic carbocycles. The molecule has 4 nitrogen and oxygen atoms in total. The third-order valence-electron chi connectivity index (χ3n) is 5.09. The molecule has 0 unspecified atom stereocenters. The first-order valence-corrected chi connectivity index (χ1v) is 9.58. The summed E-state index contributed by atoms with van der Waals surface area (Å²) in [7, 11) is 0. The molecular formula is C22H26N4. The number of piperidine rings is 1. The van der Waals surface area contributed by atoms with Crippen LogP contribution in [0.25, 0.3) is 17.2 Å². The van der Waals surface area contributed by atoms with Crippen molar-refractivity contribution < 1.29 is 0 Å². The molecule has 0 amide bonds. The Labute approximate surface area is 155 Å². The monoisotopic (exact) mass is 346 g/mol. The summed E-state index contributed by atoms with van der Waals surface area (Å²) in [5.74, 6) is 2.13. The lowest BCUT2D eigenvalue weighted by molar-refractivity contribution is 0.578. The first-order valence-electron chi connectivity index (χ1n) is 9.58. The molecule has 1 aliphatic heterocycles. The van der Waals surface area contributed by atoms with E-state index in [-0.39, 0.29) is 0 Å². The zero-order chi connectivity index (χ0) is 17.9. The number of rotatable bonds is 4. The lowest BCUT2D eigenvalue weighted by Crippen LogP contribution is -2.28. The minimum atomic E-state index is 0.371. The Bertz CT molecular complexity index is 861. The number of hydrogen-bond donors (Lipinski definition) is 0. The number of benzene rings is 1. The zero-order valence-corrected chi connectivity index (χ0v) is 15.6. The molecule has 3 aromatic rings. The predicted molar refractivity (Wildman–Crippen MR) is 107 cm³/mol. The Morgan fingerprint density at radius 3 is 2.46 bits per heavy atom. The van der Waals surface area contributed by atoms with Gasteiger partial charge in [-0.15, -0.1) is 0 Å². The van der Waals surface area contributed by atoms with Gasteiger partial charge >= 0.3 is 0 Å². The molecule has 1 saturated heterocycles. The van der Waals surface area contributed by atoms with Crippen molar-refractivity contribution in [2.75, 3.05) is 18.0 Å². The van der Waals surface area contributed by atoms with Gasteiger partial charge in [-0.25, -0.2) is 9.97 Å². The average Bonchev–Trinajstić information content (AvgIpc) is 3.19. The third kappa shape index (κ3) is 3.36. The highest BCUT2D eigenvalue weighted by Gasteiger charge is 2.16. The maximum atomic E-state index is 4.93. The highest BCUT2D eigenvalue weighted by atomic mass is 15.2. The fraction of sp³-hybridized carbons (Fsp3) is 0.364. The molecule has 1 fully saturated rings. The molecule has 2 aromatic heterocycles. The van der Waals surface area contributed by atoms with Crippen LogP contribution in [0.15, 0.2) is 55.0 Å². The summed E-state index contributed by atoms with van der Waals surface area (Å²) in [5.41, 5.74) is 3.51. The summed E-state index contributed by atoms with van der Waals surface area (Å²) in [6.45, 7) is 6.69. The SMILES string of the molecule is CC(C)c1cnc(-c2ccccc2)nc1-n1ccc(N2CCCCC2)c1. The van der Waals surface area contributed by atoms with Gasteiger partial charge in [-0.05, 0) is 31.2 Å². The second-order valence-electron chi connectivity index (χ2n) is 7.32. The molecule has 4 heteroatoms. The summed E-state index contributed by atoms with van der Waals surface area (Å²) in [5, 5.41) is 0. The quantitative estimate of drug-likeness (QED) is 0.663. The van der Waals surface area contributed by atoms with E-state index < -0.39 is 0 Å².